The van der Waals surface area contributed by atoms with Crippen LogP contribution in [0.25, 0.3) is 11.0 Å². The molecule has 1 unspecified atom stereocenters. The Balaban J connectivity index is 1.96. The third-order valence-electron chi connectivity index (χ3n) is 3.95. The zero-order valence-corrected chi connectivity index (χ0v) is 12.6. The number of nitrogens with zero attached hydrogens (tertiary/aromatic N) is 2. The van der Waals surface area contributed by atoms with Gasteiger partial charge in [0.05, 0.1) is 17.1 Å². The molecule has 1 atom stereocenters. The van der Waals surface area contributed by atoms with Crippen LogP contribution in [0.5, 0.6) is 0 Å². The summed E-state index contributed by atoms with van der Waals surface area (Å²) in [4.78, 5) is 16.7. The number of aromatic nitrogens is 2. The number of fused-ring (bicyclic) bond motifs is 1. The van der Waals surface area contributed by atoms with Crippen LogP contribution in [0.3, 0.4) is 0 Å². The predicted molar refractivity (Wildman–Crippen MR) is 83.3 cm³/mol. The van der Waals surface area contributed by atoms with Crippen LogP contribution in [0.15, 0.2) is 18.2 Å². The van der Waals surface area contributed by atoms with Gasteiger partial charge in [-0.1, -0.05) is 13.0 Å². The lowest BCUT2D eigenvalue weighted by Gasteiger charge is -2.23. The molecule has 1 aromatic carbocycles. The minimum absolute atomic E-state index is 0.0764. The highest BCUT2D eigenvalue weighted by atomic mass is 16.2. The number of carbonyl (C=O) groups excluding carboxylic acids is 1. The number of imidazole rings is 1. The molecule has 1 aromatic heterocycles. The molecule has 3 rings (SSSR count). The third-order valence-corrected chi connectivity index (χ3v) is 3.95. The first kappa shape index (κ1) is 14.1. The fourth-order valence-corrected chi connectivity index (χ4v) is 2.91. The Morgan fingerprint density at radius 2 is 2.24 bits per heavy atom. The monoisotopic (exact) mass is 286 g/mol. The summed E-state index contributed by atoms with van der Waals surface area (Å²) in [6.45, 7) is 6.70. The van der Waals surface area contributed by atoms with E-state index in [-0.39, 0.29) is 11.9 Å². The minimum atomic E-state index is -0.174. The number of aryl methyl sites for hydroxylation is 2. The lowest BCUT2D eigenvalue weighted by molar-refractivity contribution is -0.124. The van der Waals surface area contributed by atoms with Crippen LogP contribution in [-0.2, 0) is 17.8 Å². The number of piperazine rings is 1. The molecule has 21 heavy (non-hydrogen) atoms. The van der Waals surface area contributed by atoms with Crippen LogP contribution < -0.4 is 10.6 Å². The van der Waals surface area contributed by atoms with E-state index in [2.05, 4.69) is 47.2 Å². The molecule has 112 valence electrons. The first-order valence-corrected chi connectivity index (χ1v) is 7.66. The van der Waals surface area contributed by atoms with Gasteiger partial charge in [0.1, 0.15) is 5.82 Å². The molecule has 5 nitrogen and oxygen atoms in total. The fourth-order valence-electron chi connectivity index (χ4n) is 2.91. The normalized spacial score (nSPS) is 19.0. The quantitative estimate of drug-likeness (QED) is 0.893. The highest BCUT2D eigenvalue weighted by Gasteiger charge is 2.24. The highest BCUT2D eigenvalue weighted by Crippen LogP contribution is 2.19. The molecule has 1 aliphatic rings. The van der Waals surface area contributed by atoms with Gasteiger partial charge in [-0.05, 0) is 31.0 Å². The Labute approximate surface area is 124 Å². The second kappa shape index (κ2) is 5.85. The van der Waals surface area contributed by atoms with Crippen LogP contribution in [0.2, 0.25) is 0 Å². The van der Waals surface area contributed by atoms with E-state index >= 15 is 0 Å². The molecule has 1 fully saturated rings. The molecule has 0 spiro atoms. The van der Waals surface area contributed by atoms with Crippen LogP contribution in [-0.4, -0.2) is 34.6 Å². The van der Waals surface area contributed by atoms with Gasteiger partial charge >= 0.3 is 0 Å². The average Bonchev–Trinajstić information content (AvgIpc) is 2.79. The molecule has 2 aromatic rings. The molecule has 0 radical (unpaired) electrons. The number of hydrogen-bond acceptors (Lipinski definition) is 3. The molecular weight excluding hydrogens is 264 g/mol. The van der Waals surface area contributed by atoms with Crippen molar-refractivity contribution in [1.82, 2.24) is 20.2 Å². The number of rotatable bonds is 4. The van der Waals surface area contributed by atoms with Crippen molar-refractivity contribution in [3.8, 4) is 0 Å². The standard InChI is InChI=1S/C16H22N4O/c1-3-8-20-14-5-4-11(2)9-12(14)19-15(20)10-13-16(21)18-7-6-17-13/h4-5,9,13,17H,3,6-8,10H2,1-2H3,(H,18,21). The smallest absolute Gasteiger partial charge is 0.237 e. The summed E-state index contributed by atoms with van der Waals surface area (Å²) < 4.78 is 2.25. The van der Waals surface area contributed by atoms with Gasteiger partial charge < -0.3 is 15.2 Å². The number of carbonyl (C=O) groups is 1. The van der Waals surface area contributed by atoms with Crippen molar-refractivity contribution in [1.29, 1.82) is 0 Å². The van der Waals surface area contributed by atoms with Gasteiger partial charge in [-0.15, -0.1) is 0 Å². The van der Waals surface area contributed by atoms with E-state index in [1.165, 1.54) is 5.56 Å². The first-order valence-electron chi connectivity index (χ1n) is 7.66. The summed E-state index contributed by atoms with van der Waals surface area (Å²) in [5.41, 5.74) is 3.40. The predicted octanol–water partition coefficient (Wildman–Crippen LogP) is 1.39. The Morgan fingerprint density at radius 3 is 3.00 bits per heavy atom. The number of nitrogens with one attached hydrogen (secondary N) is 2. The Kier molecular flexibility index (Phi) is 3.92. The topological polar surface area (TPSA) is 59.0 Å². The molecular formula is C16H22N4O. The van der Waals surface area contributed by atoms with Gasteiger partial charge in [0.2, 0.25) is 5.91 Å². The van der Waals surface area contributed by atoms with Gasteiger partial charge in [0, 0.05) is 26.1 Å². The third kappa shape index (κ3) is 2.78. The summed E-state index contributed by atoms with van der Waals surface area (Å²) in [6, 6.07) is 6.18. The average molecular weight is 286 g/mol. The lowest BCUT2D eigenvalue weighted by atomic mass is 10.1. The molecule has 2 N–H and O–H groups in total. The first-order chi connectivity index (χ1) is 10.2. The van der Waals surface area contributed by atoms with E-state index in [9.17, 15) is 4.79 Å². The molecule has 0 aliphatic carbocycles. The van der Waals surface area contributed by atoms with Crippen LogP contribution in [0.4, 0.5) is 0 Å². The SMILES string of the molecule is CCCn1c(CC2NCCNC2=O)nc2cc(C)ccc21. The van der Waals surface area contributed by atoms with Crippen LogP contribution in [0, 0.1) is 6.92 Å². The van der Waals surface area contributed by atoms with Crippen molar-refractivity contribution in [3.63, 3.8) is 0 Å². The summed E-state index contributed by atoms with van der Waals surface area (Å²) in [7, 11) is 0. The number of amides is 1. The largest absolute Gasteiger partial charge is 0.353 e. The van der Waals surface area contributed by atoms with Crippen LogP contribution >= 0.6 is 0 Å². The van der Waals surface area contributed by atoms with Gasteiger partial charge in [-0.25, -0.2) is 4.98 Å². The van der Waals surface area contributed by atoms with Gasteiger partial charge in [0.25, 0.3) is 0 Å². The maximum atomic E-state index is 11.9. The molecule has 2 heterocycles. The maximum Gasteiger partial charge on any atom is 0.237 e. The molecule has 1 aliphatic heterocycles. The van der Waals surface area contributed by atoms with Crippen molar-refractivity contribution in [2.75, 3.05) is 13.1 Å². The van der Waals surface area contributed by atoms with E-state index in [4.69, 9.17) is 4.98 Å². The summed E-state index contributed by atoms with van der Waals surface area (Å²) in [6.07, 6.45) is 1.69. The van der Waals surface area contributed by atoms with Gasteiger partial charge in [0.15, 0.2) is 0 Å². The van der Waals surface area contributed by atoms with Gasteiger partial charge in [-0.3, -0.25) is 4.79 Å². The summed E-state index contributed by atoms with van der Waals surface area (Å²) in [5, 5.41) is 6.19. The van der Waals surface area contributed by atoms with E-state index in [0.29, 0.717) is 13.0 Å². The van der Waals surface area contributed by atoms with E-state index in [0.717, 1.165) is 36.4 Å². The second-order valence-corrected chi connectivity index (χ2v) is 5.67. The zero-order valence-electron chi connectivity index (χ0n) is 12.6. The fraction of sp³-hybridized carbons (Fsp3) is 0.500. The van der Waals surface area contributed by atoms with E-state index < -0.39 is 0 Å². The van der Waals surface area contributed by atoms with E-state index in [1.54, 1.807) is 0 Å². The van der Waals surface area contributed by atoms with Crippen molar-refractivity contribution < 1.29 is 4.79 Å². The van der Waals surface area contributed by atoms with Crippen molar-refractivity contribution in [3.05, 3.63) is 29.6 Å². The van der Waals surface area contributed by atoms with Crippen molar-refractivity contribution in [2.45, 2.75) is 39.3 Å². The second-order valence-electron chi connectivity index (χ2n) is 5.67. The number of hydrogen-bond donors (Lipinski definition) is 2. The molecule has 0 bridgehead atoms. The molecule has 5 heteroatoms. The Bertz CT molecular complexity index is 662. The molecule has 1 amide bonds. The highest BCUT2D eigenvalue weighted by molar-refractivity contribution is 5.83. The van der Waals surface area contributed by atoms with Crippen LogP contribution in [0.1, 0.15) is 24.7 Å². The summed E-state index contributed by atoms with van der Waals surface area (Å²) >= 11 is 0. The van der Waals surface area contributed by atoms with Crippen molar-refractivity contribution in [2.24, 2.45) is 0 Å². The Hall–Kier alpha value is -1.88. The zero-order chi connectivity index (χ0) is 14.8. The summed E-state index contributed by atoms with van der Waals surface area (Å²) in [5.74, 6) is 1.07. The maximum absolute atomic E-state index is 11.9. The van der Waals surface area contributed by atoms with E-state index in [1.807, 2.05) is 0 Å². The lowest BCUT2D eigenvalue weighted by Crippen LogP contribution is -2.54. The number of benzene rings is 1. The Morgan fingerprint density at radius 1 is 1.38 bits per heavy atom. The minimum Gasteiger partial charge on any atom is -0.353 e. The molecule has 1 saturated heterocycles. The van der Waals surface area contributed by atoms with Gasteiger partial charge in [-0.2, -0.15) is 0 Å². The molecule has 0 saturated carbocycles. The van der Waals surface area contributed by atoms with Crippen molar-refractivity contribution >= 4 is 16.9 Å².